The Hall–Kier alpha value is -1.88. The minimum Gasteiger partial charge on any atom is -0.352 e. The quantitative estimate of drug-likeness (QED) is 0.643. The minimum atomic E-state index is -0.0907. The van der Waals surface area contributed by atoms with Crippen molar-refractivity contribution in [3.63, 3.8) is 0 Å². The molecule has 108 valence electrons. The van der Waals surface area contributed by atoms with Gasteiger partial charge in [-0.05, 0) is 43.5 Å². The second-order valence-electron chi connectivity index (χ2n) is 5.09. The van der Waals surface area contributed by atoms with Gasteiger partial charge in [0.05, 0.1) is 0 Å². The lowest BCUT2D eigenvalue weighted by molar-refractivity contribution is -0.122. The maximum Gasteiger partial charge on any atom is 0.251 e. The van der Waals surface area contributed by atoms with E-state index in [1.54, 1.807) is 12.1 Å². The van der Waals surface area contributed by atoms with Gasteiger partial charge >= 0.3 is 0 Å². The minimum absolute atomic E-state index is 0.0907. The Balaban J connectivity index is 1.79. The molecule has 0 atom stereocenters. The van der Waals surface area contributed by atoms with Crippen molar-refractivity contribution in [3.8, 4) is 0 Å². The van der Waals surface area contributed by atoms with Crippen LogP contribution in [0.3, 0.4) is 0 Å². The number of carbonyl (C=O) groups is 2. The Morgan fingerprint density at radius 3 is 2.45 bits per heavy atom. The molecule has 5 nitrogen and oxygen atoms in total. The van der Waals surface area contributed by atoms with Crippen LogP contribution in [-0.4, -0.2) is 24.9 Å². The number of benzene rings is 1. The zero-order valence-corrected chi connectivity index (χ0v) is 11.5. The zero-order valence-electron chi connectivity index (χ0n) is 11.5. The predicted octanol–water partition coefficient (Wildman–Crippen LogP) is 0.791. The standard InChI is InChI=1S/C15H21N3O2/c16-8-1-9-17-14(19)12-4-2-11(3-5-12)10-18-15(20)13-6-7-13/h2-5,13H,1,6-10,16H2,(H,17,19)(H,18,20). The van der Waals surface area contributed by atoms with Crippen molar-refractivity contribution in [2.24, 2.45) is 11.7 Å². The molecule has 1 aromatic rings. The van der Waals surface area contributed by atoms with E-state index in [9.17, 15) is 9.59 Å². The molecular formula is C15H21N3O2. The summed E-state index contributed by atoms with van der Waals surface area (Å²) in [6.45, 7) is 1.68. The highest BCUT2D eigenvalue weighted by molar-refractivity contribution is 5.94. The molecule has 4 N–H and O–H groups in total. The van der Waals surface area contributed by atoms with E-state index in [-0.39, 0.29) is 17.7 Å². The first-order valence-corrected chi connectivity index (χ1v) is 7.05. The lowest BCUT2D eigenvalue weighted by Gasteiger charge is -2.07. The van der Waals surface area contributed by atoms with Crippen molar-refractivity contribution in [3.05, 3.63) is 35.4 Å². The molecule has 0 spiro atoms. The van der Waals surface area contributed by atoms with Crippen molar-refractivity contribution in [2.45, 2.75) is 25.8 Å². The molecule has 5 heteroatoms. The molecule has 2 rings (SSSR count). The fourth-order valence-electron chi connectivity index (χ4n) is 1.86. The first kappa shape index (κ1) is 14.5. The molecule has 0 heterocycles. The Morgan fingerprint density at radius 1 is 1.15 bits per heavy atom. The number of amides is 2. The van der Waals surface area contributed by atoms with Crippen LogP contribution in [0.25, 0.3) is 0 Å². The fraction of sp³-hybridized carbons (Fsp3) is 0.467. The van der Waals surface area contributed by atoms with E-state index in [0.29, 0.717) is 25.2 Å². The van der Waals surface area contributed by atoms with E-state index in [2.05, 4.69) is 10.6 Å². The molecule has 1 fully saturated rings. The Kier molecular flexibility index (Phi) is 5.12. The first-order chi connectivity index (χ1) is 9.70. The average molecular weight is 275 g/mol. The normalized spacial score (nSPS) is 13.8. The van der Waals surface area contributed by atoms with Crippen LogP contribution in [-0.2, 0) is 11.3 Å². The molecule has 0 aliphatic heterocycles. The molecule has 0 bridgehead atoms. The third-order valence-electron chi connectivity index (χ3n) is 3.30. The second kappa shape index (κ2) is 7.05. The van der Waals surface area contributed by atoms with Crippen LogP contribution < -0.4 is 16.4 Å². The number of rotatable bonds is 7. The zero-order chi connectivity index (χ0) is 14.4. The topological polar surface area (TPSA) is 84.2 Å². The average Bonchev–Trinajstić information content (AvgIpc) is 3.30. The molecular weight excluding hydrogens is 254 g/mol. The third kappa shape index (κ3) is 4.35. The molecule has 0 saturated heterocycles. The summed E-state index contributed by atoms with van der Waals surface area (Å²) < 4.78 is 0. The number of carbonyl (C=O) groups excluding carboxylic acids is 2. The van der Waals surface area contributed by atoms with E-state index in [0.717, 1.165) is 24.8 Å². The van der Waals surface area contributed by atoms with Gasteiger partial charge in [-0.25, -0.2) is 0 Å². The third-order valence-corrected chi connectivity index (χ3v) is 3.30. The highest BCUT2D eigenvalue weighted by Crippen LogP contribution is 2.28. The number of hydrogen-bond acceptors (Lipinski definition) is 3. The van der Waals surface area contributed by atoms with Crippen LogP contribution in [0.1, 0.15) is 35.2 Å². The SMILES string of the molecule is NCCCNC(=O)c1ccc(CNC(=O)C2CC2)cc1. The highest BCUT2D eigenvalue weighted by atomic mass is 16.2. The van der Waals surface area contributed by atoms with Gasteiger partial charge in [-0.15, -0.1) is 0 Å². The van der Waals surface area contributed by atoms with Crippen molar-refractivity contribution in [1.29, 1.82) is 0 Å². The largest absolute Gasteiger partial charge is 0.352 e. The fourth-order valence-corrected chi connectivity index (χ4v) is 1.86. The summed E-state index contributed by atoms with van der Waals surface area (Å²) in [5, 5.41) is 5.70. The van der Waals surface area contributed by atoms with Crippen molar-refractivity contribution >= 4 is 11.8 Å². The molecule has 1 aromatic carbocycles. The summed E-state index contributed by atoms with van der Waals surface area (Å²) in [6, 6.07) is 7.28. The molecule has 0 unspecified atom stereocenters. The van der Waals surface area contributed by atoms with Crippen LogP contribution in [0.2, 0.25) is 0 Å². The van der Waals surface area contributed by atoms with Crippen LogP contribution >= 0.6 is 0 Å². The van der Waals surface area contributed by atoms with Gasteiger partial charge in [-0.3, -0.25) is 9.59 Å². The van der Waals surface area contributed by atoms with Gasteiger partial charge < -0.3 is 16.4 Å². The smallest absolute Gasteiger partial charge is 0.251 e. The Labute approximate surface area is 118 Å². The molecule has 1 aliphatic carbocycles. The molecule has 20 heavy (non-hydrogen) atoms. The van der Waals surface area contributed by atoms with Gasteiger partial charge in [0, 0.05) is 24.6 Å². The number of nitrogens with one attached hydrogen (secondary N) is 2. The van der Waals surface area contributed by atoms with E-state index in [4.69, 9.17) is 5.73 Å². The Bertz CT molecular complexity index is 467. The van der Waals surface area contributed by atoms with E-state index >= 15 is 0 Å². The predicted molar refractivity (Wildman–Crippen MR) is 77.0 cm³/mol. The van der Waals surface area contributed by atoms with Crippen molar-refractivity contribution in [1.82, 2.24) is 10.6 Å². The summed E-state index contributed by atoms with van der Waals surface area (Å²) >= 11 is 0. The highest BCUT2D eigenvalue weighted by Gasteiger charge is 2.29. The molecule has 0 radical (unpaired) electrons. The van der Waals surface area contributed by atoms with E-state index < -0.39 is 0 Å². The van der Waals surface area contributed by atoms with Gasteiger partial charge in [-0.2, -0.15) is 0 Å². The van der Waals surface area contributed by atoms with E-state index in [1.807, 2.05) is 12.1 Å². The number of nitrogens with two attached hydrogens (primary N) is 1. The van der Waals surface area contributed by atoms with Crippen molar-refractivity contribution < 1.29 is 9.59 Å². The molecule has 1 aliphatic rings. The van der Waals surface area contributed by atoms with Gasteiger partial charge in [0.2, 0.25) is 5.91 Å². The summed E-state index contributed by atoms with van der Waals surface area (Å²) in [6.07, 6.45) is 2.79. The summed E-state index contributed by atoms with van der Waals surface area (Å²) in [5.41, 5.74) is 6.99. The summed E-state index contributed by atoms with van der Waals surface area (Å²) in [5.74, 6) is 0.267. The van der Waals surface area contributed by atoms with Crippen LogP contribution in [0.5, 0.6) is 0 Å². The van der Waals surface area contributed by atoms with Gasteiger partial charge in [0.15, 0.2) is 0 Å². The lowest BCUT2D eigenvalue weighted by atomic mass is 10.1. The second-order valence-corrected chi connectivity index (χ2v) is 5.09. The Morgan fingerprint density at radius 2 is 1.85 bits per heavy atom. The van der Waals surface area contributed by atoms with Gasteiger partial charge in [0.1, 0.15) is 0 Å². The van der Waals surface area contributed by atoms with Crippen LogP contribution in [0.4, 0.5) is 0 Å². The maximum absolute atomic E-state index is 11.8. The van der Waals surface area contributed by atoms with Gasteiger partial charge in [-0.1, -0.05) is 12.1 Å². The monoisotopic (exact) mass is 275 g/mol. The van der Waals surface area contributed by atoms with Gasteiger partial charge in [0.25, 0.3) is 5.91 Å². The van der Waals surface area contributed by atoms with Crippen LogP contribution in [0, 0.1) is 5.92 Å². The summed E-state index contributed by atoms with van der Waals surface area (Å²) in [4.78, 5) is 23.3. The summed E-state index contributed by atoms with van der Waals surface area (Å²) in [7, 11) is 0. The van der Waals surface area contributed by atoms with Crippen molar-refractivity contribution in [2.75, 3.05) is 13.1 Å². The first-order valence-electron chi connectivity index (χ1n) is 7.05. The number of hydrogen-bond donors (Lipinski definition) is 3. The maximum atomic E-state index is 11.8. The lowest BCUT2D eigenvalue weighted by Crippen LogP contribution is -2.26. The van der Waals surface area contributed by atoms with Crippen LogP contribution in [0.15, 0.2) is 24.3 Å². The molecule has 1 saturated carbocycles. The molecule has 0 aromatic heterocycles. The van der Waals surface area contributed by atoms with E-state index in [1.165, 1.54) is 0 Å². The molecule has 2 amide bonds.